The average Bonchev–Trinajstić information content (AvgIpc) is 2.55. The topological polar surface area (TPSA) is 50.7 Å². The Morgan fingerprint density at radius 2 is 1.87 bits per heavy atom. The molecule has 1 amide bonds. The van der Waals surface area contributed by atoms with E-state index < -0.39 is 5.91 Å². The Bertz CT molecular complexity index is 725. The first kappa shape index (κ1) is 17.1. The normalized spacial score (nSPS) is 10.5. The second-order valence-corrected chi connectivity index (χ2v) is 5.24. The molecular formula is C17H14Cl2N2O2. The van der Waals surface area contributed by atoms with Crippen molar-refractivity contribution in [2.24, 2.45) is 5.10 Å². The molecule has 0 aliphatic rings. The Morgan fingerprint density at radius 3 is 2.57 bits per heavy atom. The lowest BCUT2D eigenvalue weighted by Crippen LogP contribution is -2.18. The van der Waals surface area contributed by atoms with Crippen LogP contribution in [-0.2, 0) is 0 Å². The second kappa shape index (κ2) is 8.36. The fourth-order valence-electron chi connectivity index (χ4n) is 1.78. The molecule has 118 valence electrons. The van der Waals surface area contributed by atoms with Crippen molar-refractivity contribution in [1.29, 1.82) is 0 Å². The number of para-hydroxylation sites is 1. The summed E-state index contributed by atoms with van der Waals surface area (Å²) in [6.07, 6.45) is 3.00. The third-order valence-corrected chi connectivity index (χ3v) is 3.51. The van der Waals surface area contributed by atoms with E-state index in [-0.39, 0.29) is 0 Å². The lowest BCUT2D eigenvalue weighted by molar-refractivity contribution is 0.0951. The number of ether oxygens (including phenoxy) is 1. The summed E-state index contributed by atoms with van der Waals surface area (Å²) in [6, 6.07) is 12.0. The van der Waals surface area contributed by atoms with Gasteiger partial charge in [-0.15, -0.1) is 0 Å². The van der Waals surface area contributed by atoms with Gasteiger partial charge in [-0.25, -0.2) is 5.43 Å². The summed E-state index contributed by atoms with van der Waals surface area (Å²) >= 11 is 12.1. The Morgan fingerprint density at radius 1 is 1.17 bits per heavy atom. The molecule has 1 N–H and O–H groups in total. The summed E-state index contributed by atoms with van der Waals surface area (Å²) < 4.78 is 5.44. The minimum atomic E-state index is -0.399. The van der Waals surface area contributed by atoms with E-state index in [9.17, 15) is 4.79 Å². The van der Waals surface area contributed by atoms with E-state index in [0.717, 1.165) is 0 Å². The summed E-state index contributed by atoms with van der Waals surface area (Å²) in [7, 11) is 0. The van der Waals surface area contributed by atoms with Crippen LogP contribution in [0, 0.1) is 0 Å². The number of halogens is 2. The molecule has 0 radical (unpaired) electrons. The molecular weight excluding hydrogens is 335 g/mol. The van der Waals surface area contributed by atoms with E-state index in [2.05, 4.69) is 17.1 Å². The quantitative estimate of drug-likeness (QED) is 0.480. The minimum Gasteiger partial charge on any atom is -0.489 e. The van der Waals surface area contributed by atoms with Crippen molar-refractivity contribution in [3.63, 3.8) is 0 Å². The zero-order valence-corrected chi connectivity index (χ0v) is 13.6. The van der Waals surface area contributed by atoms with Crippen molar-refractivity contribution in [1.82, 2.24) is 5.43 Å². The van der Waals surface area contributed by atoms with Crippen molar-refractivity contribution < 1.29 is 9.53 Å². The van der Waals surface area contributed by atoms with Gasteiger partial charge >= 0.3 is 0 Å². The highest BCUT2D eigenvalue weighted by Gasteiger charge is 2.11. The second-order valence-electron chi connectivity index (χ2n) is 4.43. The maximum Gasteiger partial charge on any atom is 0.275 e. The number of hydrazone groups is 1. The Kier molecular flexibility index (Phi) is 6.20. The molecule has 4 nitrogen and oxygen atoms in total. The van der Waals surface area contributed by atoms with Gasteiger partial charge in [-0.1, -0.05) is 54.1 Å². The fraction of sp³-hybridized carbons (Fsp3) is 0.0588. The number of rotatable bonds is 6. The molecule has 2 aromatic rings. The molecule has 0 heterocycles. The molecule has 0 bridgehead atoms. The predicted molar refractivity (Wildman–Crippen MR) is 93.7 cm³/mol. The maximum atomic E-state index is 12.2. The number of nitrogens with one attached hydrogen (secondary N) is 1. The van der Waals surface area contributed by atoms with E-state index in [1.807, 2.05) is 0 Å². The van der Waals surface area contributed by atoms with Crippen LogP contribution in [0.25, 0.3) is 0 Å². The van der Waals surface area contributed by atoms with Gasteiger partial charge < -0.3 is 4.74 Å². The fourth-order valence-corrected chi connectivity index (χ4v) is 2.27. The van der Waals surface area contributed by atoms with Gasteiger partial charge in [0, 0.05) is 5.56 Å². The largest absolute Gasteiger partial charge is 0.489 e. The molecule has 0 unspecified atom stereocenters. The number of hydrogen-bond acceptors (Lipinski definition) is 3. The van der Waals surface area contributed by atoms with Crippen LogP contribution in [0.15, 0.2) is 60.2 Å². The van der Waals surface area contributed by atoms with Crippen LogP contribution in [0.1, 0.15) is 15.9 Å². The number of benzene rings is 2. The van der Waals surface area contributed by atoms with Crippen molar-refractivity contribution >= 4 is 35.3 Å². The third kappa shape index (κ3) is 4.58. The molecule has 6 heteroatoms. The predicted octanol–water partition coefficient (Wildman–Crippen LogP) is 4.32. The van der Waals surface area contributed by atoms with Crippen molar-refractivity contribution in [3.8, 4) is 5.75 Å². The lowest BCUT2D eigenvalue weighted by atomic mass is 10.2. The third-order valence-electron chi connectivity index (χ3n) is 2.85. The van der Waals surface area contributed by atoms with Gasteiger partial charge in [0.2, 0.25) is 0 Å². The zero-order valence-electron chi connectivity index (χ0n) is 12.1. The van der Waals surface area contributed by atoms with Gasteiger partial charge in [0.15, 0.2) is 0 Å². The first-order chi connectivity index (χ1) is 11.1. The van der Waals surface area contributed by atoms with E-state index in [1.165, 1.54) is 6.21 Å². The van der Waals surface area contributed by atoms with Crippen LogP contribution in [0.5, 0.6) is 5.75 Å². The average molecular weight is 349 g/mol. The van der Waals surface area contributed by atoms with E-state index in [0.29, 0.717) is 33.5 Å². The summed E-state index contributed by atoms with van der Waals surface area (Å²) in [5.41, 5.74) is 3.33. The summed E-state index contributed by atoms with van der Waals surface area (Å²) in [4.78, 5) is 12.2. The number of carbonyl (C=O) groups excluding carboxylic acids is 1. The van der Waals surface area contributed by atoms with Gasteiger partial charge in [0.05, 0.1) is 21.8 Å². The highest BCUT2D eigenvalue weighted by molar-refractivity contribution is 6.38. The first-order valence-electron chi connectivity index (χ1n) is 6.73. The summed E-state index contributed by atoms with van der Waals surface area (Å²) in [5.74, 6) is 0.0555. The first-order valence-corrected chi connectivity index (χ1v) is 7.49. The highest BCUT2D eigenvalue weighted by Crippen LogP contribution is 2.22. The maximum absolute atomic E-state index is 12.2. The molecule has 2 rings (SSSR count). The lowest BCUT2D eigenvalue weighted by Gasteiger charge is -2.08. The molecule has 0 saturated carbocycles. The molecule has 2 aromatic carbocycles. The number of carbonyl (C=O) groups is 1. The molecule has 0 aromatic heterocycles. The van der Waals surface area contributed by atoms with Crippen LogP contribution < -0.4 is 10.2 Å². The summed E-state index contributed by atoms with van der Waals surface area (Å²) in [6.45, 7) is 3.88. The number of amides is 1. The number of nitrogens with zero attached hydrogens (tertiary/aromatic N) is 1. The Balaban J connectivity index is 2.11. The van der Waals surface area contributed by atoms with E-state index in [4.69, 9.17) is 27.9 Å². The van der Waals surface area contributed by atoms with Gasteiger partial charge in [-0.2, -0.15) is 5.10 Å². The molecule has 0 saturated heterocycles. The Labute approximate surface area is 144 Å². The smallest absolute Gasteiger partial charge is 0.275 e. The van der Waals surface area contributed by atoms with Crippen LogP contribution >= 0.6 is 23.2 Å². The Hall–Kier alpha value is -2.30. The van der Waals surface area contributed by atoms with Gasteiger partial charge in [0.25, 0.3) is 5.91 Å². The standard InChI is InChI=1S/C17H14Cl2N2O2/c1-2-10-23-16-9-4-3-6-12(16)17(22)21-20-11-13-14(18)7-5-8-15(13)19/h2-9,11H,1,10H2,(H,21,22). The van der Waals surface area contributed by atoms with E-state index >= 15 is 0 Å². The molecule has 23 heavy (non-hydrogen) atoms. The van der Waals surface area contributed by atoms with Crippen molar-refractivity contribution in [2.45, 2.75) is 0 Å². The highest BCUT2D eigenvalue weighted by atomic mass is 35.5. The monoisotopic (exact) mass is 348 g/mol. The molecule has 0 fully saturated rings. The van der Waals surface area contributed by atoms with Crippen molar-refractivity contribution in [3.05, 3.63) is 76.3 Å². The van der Waals surface area contributed by atoms with Crippen LogP contribution in [-0.4, -0.2) is 18.7 Å². The SMILES string of the molecule is C=CCOc1ccccc1C(=O)NN=Cc1c(Cl)cccc1Cl. The zero-order chi connectivity index (χ0) is 16.7. The minimum absolute atomic E-state index is 0.308. The van der Waals surface area contributed by atoms with E-state index in [1.54, 1.807) is 48.5 Å². The molecule has 0 aliphatic carbocycles. The van der Waals surface area contributed by atoms with Crippen LogP contribution in [0.2, 0.25) is 10.0 Å². The van der Waals surface area contributed by atoms with Gasteiger partial charge in [0.1, 0.15) is 12.4 Å². The van der Waals surface area contributed by atoms with Gasteiger partial charge in [-0.05, 0) is 24.3 Å². The van der Waals surface area contributed by atoms with Gasteiger partial charge in [-0.3, -0.25) is 4.79 Å². The number of hydrogen-bond donors (Lipinski definition) is 1. The van der Waals surface area contributed by atoms with Crippen LogP contribution in [0.3, 0.4) is 0 Å². The van der Waals surface area contributed by atoms with Crippen molar-refractivity contribution in [2.75, 3.05) is 6.61 Å². The summed E-state index contributed by atoms with van der Waals surface area (Å²) in [5, 5.41) is 4.79. The molecule has 0 atom stereocenters. The molecule has 0 spiro atoms. The molecule has 0 aliphatic heterocycles. The van der Waals surface area contributed by atoms with Crippen LogP contribution in [0.4, 0.5) is 0 Å².